The standard InChI is InChI=1S/C29H22S/c1-19-18-30-26-17-16-22-10-4-7-13-25(22)29(26)27(19)28-23-11-5-2-8-20(23)14-15-21-9-3-6-12-24(21)28/h2-17,19H,18H2,1H3. The first-order valence-electron chi connectivity index (χ1n) is 10.6. The molecule has 0 spiro atoms. The molecule has 30 heavy (non-hydrogen) atoms. The second-order valence-corrected chi connectivity index (χ2v) is 9.23. The molecule has 0 bridgehead atoms. The van der Waals surface area contributed by atoms with Gasteiger partial charge in [0, 0.05) is 10.6 Å². The van der Waals surface area contributed by atoms with Crippen molar-refractivity contribution in [3.63, 3.8) is 0 Å². The molecule has 0 amide bonds. The van der Waals surface area contributed by atoms with Crippen LogP contribution in [0.2, 0.25) is 0 Å². The summed E-state index contributed by atoms with van der Waals surface area (Å²) < 4.78 is 0. The van der Waals surface area contributed by atoms with E-state index in [1.807, 2.05) is 11.8 Å². The van der Waals surface area contributed by atoms with Crippen molar-refractivity contribution in [1.82, 2.24) is 0 Å². The van der Waals surface area contributed by atoms with Gasteiger partial charge in [0.1, 0.15) is 0 Å². The summed E-state index contributed by atoms with van der Waals surface area (Å²) in [5, 5.41) is 2.68. The molecule has 1 atom stereocenters. The van der Waals surface area contributed by atoms with Crippen LogP contribution in [0.15, 0.2) is 89.8 Å². The second kappa shape index (κ2) is 7.04. The lowest BCUT2D eigenvalue weighted by atomic mass is 9.80. The Balaban J connectivity index is 1.81. The van der Waals surface area contributed by atoms with E-state index in [2.05, 4.69) is 104 Å². The highest BCUT2D eigenvalue weighted by Gasteiger charge is 2.29. The van der Waals surface area contributed by atoms with Gasteiger partial charge in [0.05, 0.1) is 0 Å². The van der Waals surface area contributed by atoms with E-state index < -0.39 is 0 Å². The van der Waals surface area contributed by atoms with E-state index in [1.165, 1.54) is 54.6 Å². The fourth-order valence-electron chi connectivity index (χ4n) is 4.92. The summed E-state index contributed by atoms with van der Waals surface area (Å²) >= 11 is 2.00. The fourth-order valence-corrected chi connectivity index (χ4v) is 6.05. The number of fused-ring (bicyclic) bond motifs is 5. The fraction of sp³-hybridized carbons (Fsp3) is 0.103. The normalized spacial score (nSPS) is 17.3. The van der Waals surface area contributed by atoms with E-state index in [9.17, 15) is 0 Å². The number of allylic oxidation sites excluding steroid dienone is 1. The Kier molecular flexibility index (Phi) is 4.17. The Morgan fingerprint density at radius 2 is 1.33 bits per heavy atom. The van der Waals surface area contributed by atoms with Crippen molar-refractivity contribution in [3.8, 4) is 0 Å². The van der Waals surface area contributed by atoms with Crippen LogP contribution in [-0.2, 0) is 0 Å². The average Bonchev–Trinajstić information content (AvgIpc) is 2.96. The summed E-state index contributed by atoms with van der Waals surface area (Å²) in [6, 6.07) is 31.1. The molecule has 1 heteroatoms. The van der Waals surface area contributed by atoms with E-state index in [-0.39, 0.29) is 0 Å². The second-order valence-electron chi connectivity index (χ2n) is 8.17. The van der Waals surface area contributed by atoms with Crippen molar-refractivity contribution in [3.05, 3.63) is 113 Å². The zero-order valence-corrected chi connectivity index (χ0v) is 17.7. The van der Waals surface area contributed by atoms with Crippen molar-refractivity contribution in [2.75, 3.05) is 5.75 Å². The molecule has 144 valence electrons. The van der Waals surface area contributed by atoms with Crippen LogP contribution in [0, 0.1) is 5.92 Å². The topological polar surface area (TPSA) is 0 Å². The quantitative estimate of drug-likeness (QED) is 0.253. The highest BCUT2D eigenvalue weighted by molar-refractivity contribution is 7.99. The summed E-state index contributed by atoms with van der Waals surface area (Å²) in [6.45, 7) is 2.39. The van der Waals surface area contributed by atoms with Crippen LogP contribution < -0.4 is 0 Å². The summed E-state index contributed by atoms with van der Waals surface area (Å²) in [4.78, 5) is 1.40. The van der Waals surface area contributed by atoms with Crippen molar-refractivity contribution in [1.29, 1.82) is 0 Å². The molecular formula is C29H22S. The first-order valence-corrected chi connectivity index (χ1v) is 11.6. The molecule has 4 aromatic rings. The van der Waals surface area contributed by atoms with Gasteiger partial charge in [0.25, 0.3) is 0 Å². The van der Waals surface area contributed by atoms with Crippen LogP contribution in [0.25, 0.3) is 34.1 Å². The lowest BCUT2D eigenvalue weighted by molar-refractivity contribution is 0.859. The monoisotopic (exact) mass is 402 g/mol. The number of benzene rings is 4. The van der Waals surface area contributed by atoms with E-state index in [4.69, 9.17) is 0 Å². The predicted octanol–water partition coefficient (Wildman–Crippen LogP) is 8.02. The zero-order valence-electron chi connectivity index (χ0n) is 16.9. The number of hydrogen-bond acceptors (Lipinski definition) is 1. The summed E-state index contributed by atoms with van der Waals surface area (Å²) in [6.07, 6.45) is 4.54. The van der Waals surface area contributed by atoms with E-state index >= 15 is 0 Å². The molecule has 0 N–H and O–H groups in total. The Morgan fingerprint density at radius 3 is 2.07 bits per heavy atom. The maximum absolute atomic E-state index is 2.39. The van der Waals surface area contributed by atoms with Gasteiger partial charge >= 0.3 is 0 Å². The minimum Gasteiger partial charge on any atom is -0.125 e. The Labute approximate surface area is 182 Å². The van der Waals surface area contributed by atoms with Crippen molar-refractivity contribution < 1.29 is 0 Å². The molecule has 1 unspecified atom stereocenters. The number of thioether (sulfide) groups is 1. The third-order valence-corrected chi connectivity index (χ3v) is 7.63. The van der Waals surface area contributed by atoms with Gasteiger partial charge in [0.15, 0.2) is 0 Å². The SMILES string of the molecule is CC1CSc2ccc3ccccc3c2C1=C1c2ccccc2C=Cc2ccccc21. The van der Waals surface area contributed by atoms with Gasteiger partial charge in [-0.2, -0.15) is 0 Å². The molecule has 1 aliphatic carbocycles. The third kappa shape index (κ3) is 2.69. The third-order valence-electron chi connectivity index (χ3n) is 6.31. The largest absolute Gasteiger partial charge is 0.125 e. The van der Waals surface area contributed by atoms with Crippen LogP contribution in [0.1, 0.15) is 34.7 Å². The van der Waals surface area contributed by atoms with Gasteiger partial charge in [-0.25, -0.2) is 0 Å². The molecule has 0 radical (unpaired) electrons. The van der Waals surface area contributed by atoms with E-state index in [0.717, 1.165) is 5.75 Å². The number of hydrogen-bond donors (Lipinski definition) is 0. The van der Waals surface area contributed by atoms with Crippen molar-refractivity contribution in [2.45, 2.75) is 11.8 Å². The number of rotatable bonds is 0. The molecule has 0 aromatic heterocycles. The van der Waals surface area contributed by atoms with Gasteiger partial charge in [-0.15, -0.1) is 11.8 Å². The summed E-state index contributed by atoms with van der Waals surface area (Å²) in [5.41, 5.74) is 9.59. The molecule has 0 saturated carbocycles. The molecule has 0 fully saturated rings. The highest BCUT2D eigenvalue weighted by Crippen LogP contribution is 2.49. The zero-order chi connectivity index (χ0) is 20.1. The minimum atomic E-state index is 0.475. The van der Waals surface area contributed by atoms with Crippen LogP contribution >= 0.6 is 11.8 Å². The lowest BCUT2D eigenvalue weighted by Crippen LogP contribution is -2.12. The van der Waals surface area contributed by atoms with Crippen LogP contribution in [0.5, 0.6) is 0 Å². The lowest BCUT2D eigenvalue weighted by Gasteiger charge is -2.30. The molecule has 1 heterocycles. The van der Waals surface area contributed by atoms with Crippen LogP contribution in [-0.4, -0.2) is 5.75 Å². The maximum Gasteiger partial charge on any atom is 0.0154 e. The maximum atomic E-state index is 2.39. The summed E-state index contributed by atoms with van der Waals surface area (Å²) in [5.74, 6) is 1.59. The average molecular weight is 403 g/mol. The van der Waals surface area contributed by atoms with Gasteiger partial charge in [-0.05, 0) is 61.7 Å². The minimum absolute atomic E-state index is 0.475. The smallest absolute Gasteiger partial charge is 0.0154 e. The van der Waals surface area contributed by atoms with Gasteiger partial charge < -0.3 is 0 Å². The van der Waals surface area contributed by atoms with Gasteiger partial charge in [0.2, 0.25) is 0 Å². The molecular weight excluding hydrogens is 380 g/mol. The van der Waals surface area contributed by atoms with Crippen molar-refractivity contribution >= 4 is 45.8 Å². The predicted molar refractivity (Wildman–Crippen MR) is 132 cm³/mol. The molecule has 6 rings (SSSR count). The molecule has 2 aliphatic rings. The van der Waals surface area contributed by atoms with Gasteiger partial charge in [-0.1, -0.05) is 97.9 Å². The Morgan fingerprint density at radius 1 is 0.700 bits per heavy atom. The molecule has 0 saturated heterocycles. The molecule has 0 nitrogen and oxygen atoms in total. The van der Waals surface area contributed by atoms with Crippen molar-refractivity contribution in [2.24, 2.45) is 5.92 Å². The van der Waals surface area contributed by atoms with E-state index in [0.29, 0.717) is 5.92 Å². The van der Waals surface area contributed by atoms with Crippen LogP contribution in [0.4, 0.5) is 0 Å². The molecule has 4 aromatic carbocycles. The van der Waals surface area contributed by atoms with Gasteiger partial charge in [-0.3, -0.25) is 0 Å². The Hall–Kier alpha value is -3.03. The first kappa shape index (κ1) is 17.8. The van der Waals surface area contributed by atoms with Crippen LogP contribution in [0.3, 0.4) is 0 Å². The highest BCUT2D eigenvalue weighted by atomic mass is 32.2. The Bertz CT molecular complexity index is 1300. The first-order chi connectivity index (χ1) is 14.8. The molecule has 1 aliphatic heterocycles. The van der Waals surface area contributed by atoms with E-state index in [1.54, 1.807) is 0 Å². The summed E-state index contributed by atoms with van der Waals surface area (Å²) in [7, 11) is 0.